The third-order valence-electron chi connectivity index (χ3n) is 6.44. The number of ether oxygens (including phenoxy) is 1. The number of thiophene rings is 1. The maximum Gasteiger partial charge on any atom is 0.407 e. The second-order valence-electron chi connectivity index (χ2n) is 10.6. The minimum atomic E-state index is -0.622. The number of aromatic nitrogens is 1. The molecule has 2 aromatic heterocycles. The number of likely N-dealkylation sites (tertiary alicyclic amines) is 1. The van der Waals surface area contributed by atoms with E-state index in [0.29, 0.717) is 51.5 Å². The number of para-hydroxylation sites is 1. The van der Waals surface area contributed by atoms with Crippen LogP contribution in [0.5, 0.6) is 0 Å². The fraction of sp³-hybridized carbons (Fsp3) is 0.267. The largest absolute Gasteiger partial charge is 0.444 e. The van der Waals surface area contributed by atoms with E-state index < -0.39 is 17.7 Å². The molecule has 1 atom stereocenters. The average Bonchev–Trinajstić information content (AvgIpc) is 3.52. The van der Waals surface area contributed by atoms with Crippen molar-refractivity contribution in [2.75, 3.05) is 18.4 Å². The minimum Gasteiger partial charge on any atom is -0.444 e. The number of benzene rings is 2. The molecule has 9 nitrogen and oxygen atoms in total. The van der Waals surface area contributed by atoms with Gasteiger partial charge in [-0.15, -0.1) is 0 Å². The van der Waals surface area contributed by atoms with Crippen molar-refractivity contribution >= 4 is 44.5 Å². The Morgan fingerprint density at radius 3 is 2.30 bits per heavy atom. The number of nitrogens with zero attached hydrogens (tertiary/aromatic N) is 2. The molecule has 4 aromatic rings. The molecule has 3 amide bonds. The number of carbonyl (C=O) groups excluding carboxylic acids is 3. The van der Waals surface area contributed by atoms with Gasteiger partial charge >= 0.3 is 12.1 Å². The van der Waals surface area contributed by atoms with E-state index in [-0.39, 0.29) is 17.4 Å². The molecule has 2 N–H and O–H groups in total. The Bertz CT molecular complexity index is 1620. The smallest absolute Gasteiger partial charge is 0.407 e. The molecular formula is C30H30N4O5S. The number of alkyl carbamates (subject to hydrolysis) is 1. The molecule has 1 aliphatic rings. The molecule has 0 aliphatic carbocycles. The quantitative estimate of drug-likeness (QED) is 0.318. The van der Waals surface area contributed by atoms with Crippen molar-refractivity contribution in [1.29, 1.82) is 0 Å². The second-order valence-corrected chi connectivity index (χ2v) is 11.6. The highest BCUT2D eigenvalue weighted by Gasteiger charge is 2.31. The number of pyridine rings is 1. The number of carbonyl (C=O) groups is 3. The summed E-state index contributed by atoms with van der Waals surface area (Å²) >= 11 is 1.18. The van der Waals surface area contributed by atoms with Gasteiger partial charge in [-0.2, -0.15) is 0 Å². The van der Waals surface area contributed by atoms with Crippen LogP contribution in [0, 0.1) is 0 Å². The molecule has 40 heavy (non-hydrogen) atoms. The zero-order valence-corrected chi connectivity index (χ0v) is 23.3. The van der Waals surface area contributed by atoms with Gasteiger partial charge in [0.05, 0.1) is 17.3 Å². The van der Waals surface area contributed by atoms with Crippen LogP contribution in [-0.4, -0.2) is 52.1 Å². The highest BCUT2D eigenvalue weighted by Crippen LogP contribution is 2.38. The van der Waals surface area contributed by atoms with Gasteiger partial charge in [0, 0.05) is 30.1 Å². The Hall–Kier alpha value is -4.44. The van der Waals surface area contributed by atoms with Crippen molar-refractivity contribution in [3.63, 3.8) is 0 Å². The Balaban J connectivity index is 1.47. The van der Waals surface area contributed by atoms with E-state index in [4.69, 9.17) is 4.74 Å². The Labute approximate surface area is 235 Å². The monoisotopic (exact) mass is 558 g/mol. The predicted octanol–water partition coefficient (Wildman–Crippen LogP) is 5.41. The third kappa shape index (κ3) is 5.76. The first-order valence-electron chi connectivity index (χ1n) is 13.0. The van der Waals surface area contributed by atoms with E-state index in [1.54, 1.807) is 60.6 Å². The molecule has 2 aromatic carbocycles. The van der Waals surface area contributed by atoms with Crippen molar-refractivity contribution in [1.82, 2.24) is 14.8 Å². The highest BCUT2D eigenvalue weighted by molar-refractivity contribution is 7.23. The average molecular weight is 559 g/mol. The van der Waals surface area contributed by atoms with E-state index in [1.165, 1.54) is 17.4 Å². The summed E-state index contributed by atoms with van der Waals surface area (Å²) in [5.41, 5.74) is 0.590. The fourth-order valence-electron chi connectivity index (χ4n) is 4.66. The zero-order valence-electron chi connectivity index (χ0n) is 22.5. The van der Waals surface area contributed by atoms with Crippen LogP contribution in [0.2, 0.25) is 0 Å². The lowest BCUT2D eigenvalue weighted by Gasteiger charge is -2.22. The van der Waals surface area contributed by atoms with Crippen LogP contribution in [-0.2, 0) is 4.74 Å². The first kappa shape index (κ1) is 27.1. The zero-order chi connectivity index (χ0) is 28.4. The standard InChI is InChI=1S/C30H30N4O5S/c1-30(2,3)39-29(38)31-20-16-17-33(18-20)28(37)32-26-24(25(36)19-10-6-4-7-11-19)22-14-15-23(35)34(27(22)40-26)21-12-8-5-9-13-21/h4-15,20H,16-18H2,1-3H3,(H,31,38)(H,32,37)/t20-/m1/s1. The molecule has 5 rings (SSSR count). The SMILES string of the molecule is CC(C)(C)OC(=O)N[C@@H]1CCN(C(=O)Nc2sc3c(ccc(=O)n3-c3ccccc3)c2C(=O)c2ccccc2)C1. The summed E-state index contributed by atoms with van der Waals surface area (Å²) in [6.07, 6.45) is 0.0431. The molecular weight excluding hydrogens is 528 g/mol. The first-order valence-corrected chi connectivity index (χ1v) is 13.8. The molecule has 206 valence electrons. The number of nitrogens with one attached hydrogen (secondary N) is 2. The Morgan fingerprint density at radius 1 is 0.950 bits per heavy atom. The molecule has 3 heterocycles. The van der Waals surface area contributed by atoms with E-state index in [0.717, 1.165) is 0 Å². The summed E-state index contributed by atoms with van der Waals surface area (Å²) in [6, 6.07) is 20.4. The summed E-state index contributed by atoms with van der Waals surface area (Å²) in [5.74, 6) is -0.258. The predicted molar refractivity (Wildman–Crippen MR) is 156 cm³/mol. The molecule has 0 bridgehead atoms. The van der Waals surface area contributed by atoms with Crippen LogP contribution in [0.25, 0.3) is 15.9 Å². The molecule has 0 unspecified atom stereocenters. The molecule has 0 spiro atoms. The van der Waals surface area contributed by atoms with Crippen molar-refractivity contribution < 1.29 is 19.1 Å². The lowest BCUT2D eigenvalue weighted by atomic mass is 10.0. The van der Waals surface area contributed by atoms with Crippen LogP contribution < -0.4 is 16.2 Å². The van der Waals surface area contributed by atoms with Gasteiger partial charge in [-0.25, -0.2) is 9.59 Å². The Kier molecular flexibility index (Phi) is 7.44. The molecule has 1 saturated heterocycles. The van der Waals surface area contributed by atoms with Gasteiger partial charge < -0.3 is 15.0 Å². The maximum absolute atomic E-state index is 13.8. The lowest BCUT2D eigenvalue weighted by Crippen LogP contribution is -2.42. The van der Waals surface area contributed by atoms with E-state index in [9.17, 15) is 19.2 Å². The van der Waals surface area contributed by atoms with Gasteiger partial charge in [-0.3, -0.25) is 19.5 Å². The van der Waals surface area contributed by atoms with Crippen LogP contribution in [0.15, 0.2) is 77.6 Å². The molecule has 10 heteroatoms. The second kappa shape index (κ2) is 11.0. The number of urea groups is 1. The number of rotatable bonds is 5. The van der Waals surface area contributed by atoms with Crippen molar-refractivity contribution in [2.24, 2.45) is 0 Å². The summed E-state index contributed by atoms with van der Waals surface area (Å²) < 4.78 is 6.88. The summed E-state index contributed by atoms with van der Waals surface area (Å²) in [4.78, 5) is 54.5. The van der Waals surface area contributed by atoms with Crippen molar-refractivity contribution in [3.05, 3.63) is 94.3 Å². The maximum atomic E-state index is 13.8. The number of anilines is 1. The summed E-state index contributed by atoms with van der Waals surface area (Å²) in [6.45, 7) is 6.09. The fourth-order valence-corrected chi connectivity index (χ4v) is 5.87. The molecule has 0 saturated carbocycles. The first-order chi connectivity index (χ1) is 19.1. The van der Waals surface area contributed by atoms with E-state index in [1.807, 2.05) is 36.4 Å². The highest BCUT2D eigenvalue weighted by atomic mass is 32.1. The van der Waals surface area contributed by atoms with Gasteiger partial charge in [0.1, 0.15) is 15.4 Å². The summed E-state index contributed by atoms with van der Waals surface area (Å²) in [5, 5.41) is 6.67. The molecule has 1 fully saturated rings. The Morgan fingerprint density at radius 2 is 1.62 bits per heavy atom. The van der Waals surface area contributed by atoms with E-state index >= 15 is 0 Å². The van der Waals surface area contributed by atoms with Crippen molar-refractivity contribution in [3.8, 4) is 5.69 Å². The van der Waals surface area contributed by atoms with Gasteiger partial charge in [-0.1, -0.05) is 59.9 Å². The van der Waals surface area contributed by atoms with E-state index in [2.05, 4.69) is 10.6 Å². The van der Waals surface area contributed by atoms with Crippen molar-refractivity contribution in [2.45, 2.75) is 38.8 Å². The van der Waals surface area contributed by atoms with Gasteiger partial charge in [0.15, 0.2) is 5.78 Å². The number of fused-ring (bicyclic) bond motifs is 1. The van der Waals surface area contributed by atoms with Gasteiger partial charge in [-0.05, 0) is 45.4 Å². The number of hydrogen-bond acceptors (Lipinski definition) is 6. The lowest BCUT2D eigenvalue weighted by molar-refractivity contribution is 0.0506. The number of hydrogen-bond donors (Lipinski definition) is 2. The minimum absolute atomic E-state index is 0.243. The topological polar surface area (TPSA) is 110 Å². The molecule has 1 aliphatic heterocycles. The molecule has 0 radical (unpaired) electrons. The normalized spacial score (nSPS) is 15.2. The van der Waals surface area contributed by atoms with Crippen LogP contribution in [0.3, 0.4) is 0 Å². The third-order valence-corrected chi connectivity index (χ3v) is 7.54. The van der Waals surface area contributed by atoms with Crippen LogP contribution in [0.1, 0.15) is 43.1 Å². The van der Waals surface area contributed by atoms with Crippen LogP contribution in [0.4, 0.5) is 14.6 Å². The van der Waals surface area contributed by atoms with Gasteiger partial charge in [0.2, 0.25) is 0 Å². The number of ketones is 1. The number of amides is 3. The van der Waals surface area contributed by atoms with Gasteiger partial charge in [0.25, 0.3) is 5.56 Å². The van der Waals surface area contributed by atoms with Crippen LogP contribution >= 0.6 is 11.3 Å². The summed E-state index contributed by atoms with van der Waals surface area (Å²) in [7, 11) is 0.